The van der Waals surface area contributed by atoms with Gasteiger partial charge < -0.3 is 9.47 Å². The van der Waals surface area contributed by atoms with Crippen LogP contribution in [0.4, 0.5) is 10.8 Å². The maximum Gasteiger partial charge on any atom is 0.264 e. The molecule has 1 amide bonds. The van der Waals surface area contributed by atoms with Crippen LogP contribution in [-0.4, -0.2) is 76.8 Å². The normalized spacial score (nSPS) is 15.4. The fraction of sp³-hybridized carbons (Fsp3) is 0.375. The van der Waals surface area contributed by atoms with Crippen molar-refractivity contribution in [2.24, 2.45) is 0 Å². The summed E-state index contributed by atoms with van der Waals surface area (Å²) in [5.41, 5.74) is 2.97. The summed E-state index contributed by atoms with van der Waals surface area (Å²) in [7, 11) is -3.77. The smallest absolute Gasteiger partial charge is 0.264 e. The lowest BCUT2D eigenvalue weighted by Crippen LogP contribution is -2.39. The van der Waals surface area contributed by atoms with E-state index in [1.165, 1.54) is 15.6 Å². The Morgan fingerprint density at radius 3 is 2.59 bits per heavy atom. The number of hydrogen-bond donors (Lipinski definition) is 0. The van der Waals surface area contributed by atoms with Gasteiger partial charge in [0.15, 0.2) is 5.13 Å². The van der Waals surface area contributed by atoms with Gasteiger partial charge in [-0.05, 0) is 80.3 Å². The number of halogens is 1. The number of aromatic nitrogens is 1. The second kappa shape index (κ2) is 14.3. The molecule has 3 heterocycles. The van der Waals surface area contributed by atoms with Gasteiger partial charge in [0.05, 0.1) is 40.6 Å². The average Bonchev–Trinajstić information content (AvgIpc) is 3.46. The fourth-order valence-electron chi connectivity index (χ4n) is 5.63. The number of benzene rings is 3. The highest BCUT2D eigenvalue weighted by atomic mass is 35.5. The number of ether oxygens (including phenoxy) is 2. The van der Waals surface area contributed by atoms with E-state index in [2.05, 4.69) is 4.90 Å². The molecule has 0 spiro atoms. The van der Waals surface area contributed by atoms with Gasteiger partial charge in [0.1, 0.15) is 5.75 Å². The molecule has 2 aliphatic heterocycles. The Morgan fingerprint density at radius 2 is 1.82 bits per heavy atom. The predicted octanol–water partition coefficient (Wildman–Crippen LogP) is 5.63. The van der Waals surface area contributed by atoms with E-state index < -0.39 is 10.0 Å². The van der Waals surface area contributed by atoms with E-state index >= 15 is 0 Å². The highest BCUT2D eigenvalue weighted by Gasteiger charge is 2.29. The van der Waals surface area contributed by atoms with Crippen molar-refractivity contribution in [1.29, 1.82) is 0 Å². The Morgan fingerprint density at radius 1 is 1.05 bits per heavy atom. The van der Waals surface area contributed by atoms with Crippen LogP contribution in [0, 0.1) is 0 Å². The number of anilines is 2. The van der Waals surface area contributed by atoms with Crippen LogP contribution in [0.25, 0.3) is 10.2 Å². The lowest BCUT2D eigenvalue weighted by molar-refractivity contribution is 0.0376. The van der Waals surface area contributed by atoms with E-state index in [4.69, 9.17) is 14.5 Å². The second-order valence-electron chi connectivity index (χ2n) is 10.7. The van der Waals surface area contributed by atoms with E-state index in [1.54, 1.807) is 29.2 Å². The molecular formula is C32H37ClN4O5S2. The van der Waals surface area contributed by atoms with Crippen molar-refractivity contribution in [3.8, 4) is 5.75 Å². The fourth-order valence-corrected chi connectivity index (χ4v) is 8.19. The van der Waals surface area contributed by atoms with Gasteiger partial charge in [-0.1, -0.05) is 29.5 Å². The summed E-state index contributed by atoms with van der Waals surface area (Å²) in [6.07, 6.45) is 2.39. The first-order valence-corrected chi connectivity index (χ1v) is 17.1. The molecule has 2 aliphatic rings. The molecule has 0 N–H and O–H groups in total. The Hall–Kier alpha value is -3.22. The lowest BCUT2D eigenvalue weighted by Gasteiger charge is -2.30. The largest absolute Gasteiger partial charge is 0.494 e. The van der Waals surface area contributed by atoms with Gasteiger partial charge in [-0.2, -0.15) is 0 Å². The first-order chi connectivity index (χ1) is 20.9. The highest BCUT2D eigenvalue weighted by Crippen LogP contribution is 2.34. The number of sulfonamides is 1. The molecular weight excluding hydrogens is 620 g/mol. The van der Waals surface area contributed by atoms with Crippen molar-refractivity contribution in [3.05, 3.63) is 77.9 Å². The van der Waals surface area contributed by atoms with E-state index in [0.717, 1.165) is 79.3 Å². The van der Waals surface area contributed by atoms with Crippen LogP contribution in [-0.2, 0) is 21.2 Å². The van der Waals surface area contributed by atoms with E-state index in [-0.39, 0.29) is 23.2 Å². The molecule has 1 fully saturated rings. The number of para-hydroxylation sites is 1. The molecule has 234 valence electrons. The van der Waals surface area contributed by atoms with Crippen LogP contribution in [0.2, 0.25) is 0 Å². The quantitative estimate of drug-likeness (QED) is 0.219. The molecule has 0 unspecified atom stereocenters. The van der Waals surface area contributed by atoms with Crippen LogP contribution >= 0.6 is 23.7 Å². The molecule has 1 aromatic heterocycles. The van der Waals surface area contributed by atoms with Crippen LogP contribution < -0.4 is 13.9 Å². The van der Waals surface area contributed by atoms with Crippen LogP contribution in [0.1, 0.15) is 35.7 Å². The molecule has 0 radical (unpaired) electrons. The van der Waals surface area contributed by atoms with Crippen molar-refractivity contribution in [1.82, 2.24) is 9.88 Å². The third kappa shape index (κ3) is 6.87. The van der Waals surface area contributed by atoms with Gasteiger partial charge in [-0.25, -0.2) is 13.4 Å². The van der Waals surface area contributed by atoms with E-state index in [0.29, 0.717) is 30.4 Å². The summed E-state index contributed by atoms with van der Waals surface area (Å²) in [6.45, 7) is 7.49. The number of rotatable bonds is 10. The monoisotopic (exact) mass is 656 g/mol. The average molecular weight is 657 g/mol. The molecule has 0 aliphatic carbocycles. The zero-order chi connectivity index (χ0) is 29.8. The minimum Gasteiger partial charge on any atom is -0.494 e. The van der Waals surface area contributed by atoms with Crippen molar-refractivity contribution in [3.63, 3.8) is 0 Å². The van der Waals surface area contributed by atoms with Crippen molar-refractivity contribution >= 4 is 60.7 Å². The van der Waals surface area contributed by atoms with E-state index in [9.17, 15) is 13.2 Å². The first-order valence-electron chi connectivity index (χ1n) is 14.8. The molecule has 0 bridgehead atoms. The number of hydrogen-bond acceptors (Lipinski definition) is 8. The number of carbonyl (C=O) groups excluding carboxylic acids is 1. The standard InChI is InChI=1S/C32H36N4O5S2.ClH/c1-2-41-26-12-15-28-30(23-26)42-32(33-28)35(17-6-16-34-19-21-40-22-20-34)31(37)25-10-13-27(14-11-25)43(38,39)36-18-5-8-24-7-3-4-9-29(24)36;/h3-4,7,9-15,23H,2,5-6,8,16-22H2,1H3;1H. The van der Waals surface area contributed by atoms with Crippen LogP contribution in [0.5, 0.6) is 5.75 Å². The summed E-state index contributed by atoms with van der Waals surface area (Å²) in [5.74, 6) is 0.557. The van der Waals surface area contributed by atoms with Crippen molar-refractivity contribution < 1.29 is 22.7 Å². The number of morpholine rings is 1. The number of thiazole rings is 1. The maximum absolute atomic E-state index is 14.0. The third-order valence-corrected chi connectivity index (χ3v) is 10.7. The minimum atomic E-state index is -3.77. The summed E-state index contributed by atoms with van der Waals surface area (Å²) >= 11 is 1.45. The van der Waals surface area contributed by atoms with Gasteiger partial charge in [-0.15, -0.1) is 12.4 Å². The molecule has 44 heavy (non-hydrogen) atoms. The van der Waals surface area contributed by atoms with E-state index in [1.807, 2.05) is 49.4 Å². The Kier molecular flexibility index (Phi) is 10.4. The Labute approximate surface area is 268 Å². The van der Waals surface area contributed by atoms with Gasteiger partial charge >= 0.3 is 0 Å². The van der Waals surface area contributed by atoms with Gasteiger partial charge in [0, 0.05) is 38.3 Å². The Balaban J connectivity index is 0.00000384. The third-order valence-electron chi connectivity index (χ3n) is 7.85. The molecule has 3 aromatic carbocycles. The molecule has 9 nitrogen and oxygen atoms in total. The number of nitrogens with zero attached hydrogens (tertiary/aromatic N) is 4. The number of carbonyl (C=O) groups is 1. The summed E-state index contributed by atoms with van der Waals surface area (Å²) in [4.78, 5) is 23.0. The lowest BCUT2D eigenvalue weighted by atomic mass is 10.0. The zero-order valence-electron chi connectivity index (χ0n) is 24.7. The van der Waals surface area contributed by atoms with Crippen molar-refractivity contribution in [2.45, 2.75) is 31.1 Å². The van der Waals surface area contributed by atoms with Gasteiger partial charge in [-0.3, -0.25) is 18.9 Å². The minimum absolute atomic E-state index is 0. The topological polar surface area (TPSA) is 92.3 Å². The maximum atomic E-state index is 14.0. The SMILES string of the molecule is CCOc1ccc2nc(N(CCCN3CCOCC3)C(=O)c3ccc(S(=O)(=O)N4CCCc5ccccc54)cc3)sc2c1.Cl. The Bertz CT molecular complexity index is 1690. The number of fused-ring (bicyclic) bond motifs is 2. The van der Waals surface area contributed by atoms with Gasteiger partial charge in [0.2, 0.25) is 0 Å². The predicted molar refractivity (Wildman–Crippen MR) is 177 cm³/mol. The molecule has 1 saturated heterocycles. The summed E-state index contributed by atoms with van der Waals surface area (Å²) in [5, 5.41) is 0.609. The summed E-state index contributed by atoms with van der Waals surface area (Å²) < 4.78 is 40.9. The summed E-state index contributed by atoms with van der Waals surface area (Å²) in [6, 6.07) is 19.7. The molecule has 12 heteroatoms. The first kappa shape index (κ1) is 32.2. The van der Waals surface area contributed by atoms with Crippen LogP contribution in [0.3, 0.4) is 0 Å². The van der Waals surface area contributed by atoms with Crippen molar-refractivity contribution in [2.75, 3.05) is 61.7 Å². The second-order valence-corrected chi connectivity index (χ2v) is 13.5. The molecule has 0 saturated carbocycles. The molecule has 4 aromatic rings. The molecule has 0 atom stereocenters. The zero-order valence-corrected chi connectivity index (χ0v) is 27.1. The highest BCUT2D eigenvalue weighted by molar-refractivity contribution is 7.92. The van der Waals surface area contributed by atoms with Crippen LogP contribution in [0.15, 0.2) is 71.6 Å². The number of amides is 1. The number of aryl methyl sites for hydroxylation is 1. The van der Waals surface area contributed by atoms with Gasteiger partial charge in [0.25, 0.3) is 15.9 Å². The molecule has 6 rings (SSSR count).